The van der Waals surface area contributed by atoms with Gasteiger partial charge in [-0.15, -0.1) is 0 Å². The fraction of sp³-hybridized carbons (Fsp3) is 0.267. The molecule has 1 unspecified atom stereocenters. The van der Waals surface area contributed by atoms with Crippen LogP contribution in [0, 0.1) is 16.4 Å². The van der Waals surface area contributed by atoms with Crippen LogP contribution >= 0.6 is 12.2 Å². The van der Waals surface area contributed by atoms with Gasteiger partial charge >= 0.3 is 0 Å². The number of anilines is 2. The summed E-state index contributed by atoms with van der Waals surface area (Å²) < 4.78 is 34.6. The average Bonchev–Trinajstić information content (AvgIpc) is 3.18. The number of fused-ring (bicyclic) bond motifs is 1. The van der Waals surface area contributed by atoms with Gasteiger partial charge in [0.1, 0.15) is 29.2 Å². The number of aromatic nitrogens is 4. The summed E-state index contributed by atoms with van der Waals surface area (Å²) >= 11 is 5.15. The Balaban J connectivity index is 1.79. The molecule has 1 aromatic carbocycles. The summed E-state index contributed by atoms with van der Waals surface area (Å²) in [7, 11) is 0. The summed E-state index contributed by atoms with van der Waals surface area (Å²) in [4.78, 5) is 11.5. The van der Waals surface area contributed by atoms with Crippen LogP contribution in [0.5, 0.6) is 0 Å². The number of nitrogens with one attached hydrogen (secondary N) is 2. The normalized spacial score (nSPS) is 17.5. The highest BCUT2D eigenvalue weighted by molar-refractivity contribution is 7.71. The third-order valence-electron chi connectivity index (χ3n) is 3.85. The smallest absolute Gasteiger partial charge is 0.200 e. The van der Waals surface area contributed by atoms with E-state index in [1.807, 2.05) is 4.57 Å². The number of H-pyrrole nitrogens is 1. The second-order valence-corrected chi connectivity index (χ2v) is 5.84. The molecule has 1 fully saturated rings. The number of benzene rings is 1. The van der Waals surface area contributed by atoms with Gasteiger partial charge in [-0.1, -0.05) is 0 Å². The second kappa shape index (κ2) is 5.91. The summed E-state index contributed by atoms with van der Waals surface area (Å²) in [6.45, 7) is 0.690. The van der Waals surface area contributed by atoms with Crippen molar-refractivity contribution >= 4 is 34.9 Å². The molecule has 0 amide bonds. The SMILES string of the molecule is Fc1ccc(Nc2[nH]c(=S)nc3c2ncn3C2CCCO2)c(F)c1. The summed E-state index contributed by atoms with van der Waals surface area (Å²) in [6, 6.07) is 3.29. The number of aromatic amines is 1. The minimum atomic E-state index is -0.710. The first-order valence-electron chi connectivity index (χ1n) is 7.42. The Labute approximate surface area is 140 Å². The van der Waals surface area contributed by atoms with Crippen LogP contribution in [0.15, 0.2) is 24.5 Å². The maximum atomic E-state index is 13.9. The third kappa shape index (κ3) is 2.65. The molecule has 1 atom stereocenters. The first-order chi connectivity index (χ1) is 11.6. The summed E-state index contributed by atoms with van der Waals surface area (Å²) in [5, 5.41) is 2.87. The molecule has 2 N–H and O–H groups in total. The number of nitrogens with zero attached hydrogens (tertiary/aromatic N) is 3. The summed E-state index contributed by atoms with van der Waals surface area (Å²) in [6.07, 6.45) is 3.33. The van der Waals surface area contributed by atoms with Crippen molar-refractivity contribution in [3.05, 3.63) is 40.9 Å². The Hall–Kier alpha value is -2.39. The first kappa shape index (κ1) is 15.2. The van der Waals surface area contributed by atoms with E-state index < -0.39 is 11.6 Å². The van der Waals surface area contributed by atoms with E-state index in [2.05, 4.69) is 20.3 Å². The topological polar surface area (TPSA) is 67.8 Å². The van der Waals surface area contributed by atoms with E-state index in [-0.39, 0.29) is 16.7 Å². The van der Waals surface area contributed by atoms with Gasteiger partial charge in [0.2, 0.25) is 0 Å². The van der Waals surface area contributed by atoms with E-state index in [1.54, 1.807) is 6.33 Å². The second-order valence-electron chi connectivity index (χ2n) is 5.46. The van der Waals surface area contributed by atoms with Gasteiger partial charge in [0, 0.05) is 12.7 Å². The maximum absolute atomic E-state index is 13.9. The Morgan fingerprint density at radius 3 is 3.00 bits per heavy atom. The van der Waals surface area contributed by atoms with Gasteiger partial charge in [-0.25, -0.2) is 13.8 Å². The Morgan fingerprint density at radius 1 is 1.38 bits per heavy atom. The molecule has 124 valence electrons. The minimum Gasteiger partial charge on any atom is -0.358 e. The van der Waals surface area contributed by atoms with E-state index in [4.69, 9.17) is 17.0 Å². The molecule has 0 saturated carbocycles. The fourth-order valence-corrected chi connectivity index (χ4v) is 2.93. The highest BCUT2D eigenvalue weighted by Gasteiger charge is 2.21. The molecule has 9 heteroatoms. The molecule has 1 aliphatic rings. The molecular formula is C15H13F2N5OS. The Kier molecular flexibility index (Phi) is 3.73. The molecule has 4 rings (SSSR count). The Bertz CT molecular complexity index is 964. The lowest BCUT2D eigenvalue weighted by Crippen LogP contribution is -2.07. The van der Waals surface area contributed by atoms with Crippen LogP contribution < -0.4 is 5.32 Å². The largest absolute Gasteiger partial charge is 0.358 e. The van der Waals surface area contributed by atoms with Crippen molar-refractivity contribution < 1.29 is 13.5 Å². The van der Waals surface area contributed by atoms with Gasteiger partial charge in [-0.2, -0.15) is 4.98 Å². The maximum Gasteiger partial charge on any atom is 0.200 e. The van der Waals surface area contributed by atoms with Crippen LogP contribution in [0.1, 0.15) is 19.1 Å². The minimum absolute atomic E-state index is 0.112. The number of imidazole rings is 1. The predicted molar refractivity (Wildman–Crippen MR) is 86.6 cm³/mol. The molecule has 1 aliphatic heterocycles. The van der Waals surface area contributed by atoms with Gasteiger partial charge in [-0.3, -0.25) is 4.57 Å². The van der Waals surface area contributed by atoms with E-state index in [0.717, 1.165) is 18.9 Å². The van der Waals surface area contributed by atoms with E-state index in [0.29, 0.717) is 23.6 Å². The van der Waals surface area contributed by atoms with Crippen molar-refractivity contribution in [3.63, 3.8) is 0 Å². The van der Waals surface area contributed by atoms with Crippen LogP contribution in [0.25, 0.3) is 11.2 Å². The van der Waals surface area contributed by atoms with Crippen LogP contribution in [-0.2, 0) is 4.74 Å². The third-order valence-corrected chi connectivity index (χ3v) is 4.04. The van der Waals surface area contributed by atoms with Crippen LogP contribution in [0.3, 0.4) is 0 Å². The number of halogens is 2. The van der Waals surface area contributed by atoms with Gasteiger partial charge < -0.3 is 15.0 Å². The van der Waals surface area contributed by atoms with Crippen LogP contribution in [-0.4, -0.2) is 26.1 Å². The van der Waals surface area contributed by atoms with Gasteiger partial charge in [0.05, 0.1) is 12.0 Å². The van der Waals surface area contributed by atoms with Crippen molar-refractivity contribution in [2.24, 2.45) is 0 Å². The Morgan fingerprint density at radius 2 is 2.25 bits per heavy atom. The monoisotopic (exact) mass is 349 g/mol. The highest BCUT2D eigenvalue weighted by Crippen LogP contribution is 2.29. The van der Waals surface area contributed by atoms with E-state index in [9.17, 15) is 8.78 Å². The standard InChI is InChI=1S/C15H13F2N5OS/c16-8-3-4-10(9(17)6-8)19-13-12-14(21-15(24)20-13)22(7-18-12)11-2-1-5-23-11/h3-4,6-7,11H,1-2,5H2,(H2,19,20,21,24). The predicted octanol–water partition coefficient (Wildman–Crippen LogP) is 3.82. The molecule has 3 heterocycles. The van der Waals surface area contributed by atoms with E-state index in [1.165, 1.54) is 12.1 Å². The quantitative estimate of drug-likeness (QED) is 0.704. The average molecular weight is 349 g/mol. The van der Waals surface area contributed by atoms with E-state index >= 15 is 0 Å². The lowest BCUT2D eigenvalue weighted by Gasteiger charge is -2.12. The van der Waals surface area contributed by atoms with Gasteiger partial charge in [0.15, 0.2) is 10.4 Å². The summed E-state index contributed by atoms with van der Waals surface area (Å²) in [5.74, 6) is -0.960. The molecule has 0 radical (unpaired) electrons. The van der Waals surface area contributed by atoms with Gasteiger partial charge in [0.25, 0.3) is 0 Å². The molecular weight excluding hydrogens is 336 g/mol. The van der Waals surface area contributed by atoms with Crippen molar-refractivity contribution in [2.75, 3.05) is 11.9 Å². The number of rotatable bonds is 3. The lowest BCUT2D eigenvalue weighted by molar-refractivity contribution is 0.0593. The first-order valence-corrected chi connectivity index (χ1v) is 7.83. The zero-order chi connectivity index (χ0) is 16.7. The van der Waals surface area contributed by atoms with Crippen LogP contribution in [0.4, 0.5) is 20.3 Å². The van der Waals surface area contributed by atoms with Crippen molar-refractivity contribution in [1.29, 1.82) is 0 Å². The molecule has 1 saturated heterocycles. The molecule has 6 nitrogen and oxygen atoms in total. The molecule has 0 bridgehead atoms. The van der Waals surface area contributed by atoms with Crippen molar-refractivity contribution in [2.45, 2.75) is 19.1 Å². The number of ether oxygens (including phenoxy) is 1. The van der Waals surface area contributed by atoms with Crippen molar-refractivity contribution in [1.82, 2.24) is 19.5 Å². The highest BCUT2D eigenvalue weighted by atomic mass is 32.1. The number of hydrogen-bond donors (Lipinski definition) is 2. The summed E-state index contributed by atoms with van der Waals surface area (Å²) in [5.41, 5.74) is 1.17. The fourth-order valence-electron chi connectivity index (χ4n) is 2.74. The zero-order valence-corrected chi connectivity index (χ0v) is 13.2. The van der Waals surface area contributed by atoms with Crippen molar-refractivity contribution in [3.8, 4) is 0 Å². The molecule has 0 aliphatic carbocycles. The van der Waals surface area contributed by atoms with Gasteiger partial charge in [-0.05, 0) is 37.2 Å². The molecule has 24 heavy (non-hydrogen) atoms. The number of hydrogen-bond acceptors (Lipinski definition) is 5. The molecule has 3 aromatic rings. The lowest BCUT2D eigenvalue weighted by atomic mass is 10.3. The zero-order valence-electron chi connectivity index (χ0n) is 12.4. The molecule has 2 aromatic heterocycles. The molecule has 0 spiro atoms. The van der Waals surface area contributed by atoms with Crippen LogP contribution in [0.2, 0.25) is 0 Å².